The molecule has 0 heteroatoms. The van der Waals surface area contributed by atoms with Crippen LogP contribution >= 0.6 is 0 Å². The molecule has 1 atom stereocenters. The molecule has 0 N–H and O–H groups in total. The first-order valence-corrected chi connectivity index (χ1v) is 37.8. The summed E-state index contributed by atoms with van der Waals surface area (Å²) in [4.78, 5) is 0. The van der Waals surface area contributed by atoms with Crippen LogP contribution < -0.4 is 0 Å². The molecule has 16 aromatic carbocycles. The van der Waals surface area contributed by atoms with Crippen LogP contribution in [-0.4, -0.2) is 0 Å². The molecular weight excluding hydrogens is 1290 g/mol. The molecule has 107 heavy (non-hydrogen) atoms. The zero-order valence-corrected chi connectivity index (χ0v) is 62.0. The number of hydrogen-bond donors (Lipinski definition) is 0. The third-order valence-corrected chi connectivity index (χ3v) is 23.3. The Morgan fingerprint density at radius 3 is 0.570 bits per heavy atom. The first kappa shape index (κ1) is 67.7. The monoisotopic (exact) mass is 1370 g/mol. The van der Waals surface area contributed by atoms with E-state index < -0.39 is 0 Å². The highest BCUT2D eigenvalue weighted by molar-refractivity contribution is 5.90. The van der Waals surface area contributed by atoms with Gasteiger partial charge in [0.05, 0.1) is 21.7 Å². The van der Waals surface area contributed by atoms with Gasteiger partial charge in [0, 0.05) is 0 Å². The second-order valence-corrected chi connectivity index (χ2v) is 29.8. The first-order valence-electron chi connectivity index (χ1n) is 37.8. The quantitative estimate of drug-likeness (QED) is 0.142. The Balaban J connectivity index is 0.000000105. The van der Waals surface area contributed by atoms with Crippen molar-refractivity contribution >= 4 is 0 Å². The van der Waals surface area contributed by atoms with E-state index >= 15 is 0 Å². The van der Waals surface area contributed by atoms with E-state index in [9.17, 15) is 0 Å². The summed E-state index contributed by atoms with van der Waals surface area (Å²) in [5.41, 5.74) is 40.4. The molecule has 0 radical (unpaired) electrons. The van der Waals surface area contributed by atoms with Gasteiger partial charge in [0.15, 0.2) is 0 Å². The van der Waals surface area contributed by atoms with Gasteiger partial charge in [0.2, 0.25) is 0 Å². The van der Waals surface area contributed by atoms with Crippen molar-refractivity contribution in [2.24, 2.45) is 0 Å². The molecule has 0 fully saturated rings. The zero-order valence-electron chi connectivity index (χ0n) is 62.0. The Kier molecular flexibility index (Phi) is 17.6. The lowest BCUT2D eigenvalue weighted by molar-refractivity contribution is 0.767. The average Bonchev–Trinajstić information content (AvgIpc) is 1.58. The van der Waals surface area contributed by atoms with Gasteiger partial charge in [-0.25, -0.2) is 0 Å². The number of rotatable bonds is 8. The van der Waals surface area contributed by atoms with Crippen LogP contribution in [0.1, 0.15) is 128 Å². The van der Waals surface area contributed by atoms with Crippen LogP contribution in [0.2, 0.25) is 0 Å². The highest BCUT2D eigenvalue weighted by atomic mass is 14.5. The number of hydrogen-bond acceptors (Lipinski definition) is 0. The molecule has 0 saturated heterocycles. The summed E-state index contributed by atoms with van der Waals surface area (Å²) in [6.07, 6.45) is 0. The predicted octanol–water partition coefficient (Wildman–Crippen LogP) is 26.4. The maximum atomic E-state index is 2.38. The van der Waals surface area contributed by atoms with Crippen LogP contribution in [0.25, 0.3) is 44.5 Å². The van der Waals surface area contributed by atoms with Crippen molar-refractivity contribution in [2.45, 2.75) is 70.1 Å². The fourth-order valence-corrected chi connectivity index (χ4v) is 18.6. The molecule has 0 saturated carbocycles. The van der Waals surface area contributed by atoms with Gasteiger partial charge in [-0.1, -0.05) is 433 Å². The van der Waals surface area contributed by atoms with Crippen molar-refractivity contribution in [3.05, 3.63) is 522 Å². The third-order valence-electron chi connectivity index (χ3n) is 23.3. The third kappa shape index (κ3) is 11.1. The summed E-state index contributed by atoms with van der Waals surface area (Å²) >= 11 is 0. The molecule has 0 nitrogen and oxygen atoms in total. The topological polar surface area (TPSA) is 0 Å². The number of benzene rings is 16. The molecule has 1 unspecified atom stereocenters. The van der Waals surface area contributed by atoms with E-state index in [0.717, 1.165) is 0 Å². The Morgan fingerprint density at radius 2 is 0.308 bits per heavy atom. The van der Waals surface area contributed by atoms with E-state index in [1.807, 2.05) is 0 Å². The SMILES string of the molecule is Cc1ccc(C2(c3ccc(C)cc3)c3ccccc3-c3ccccc32)cc1.Cc1ccc(C2(c3cccc(C)c3)c3ccccc3-c3ccccc32)cc1.Cc1ccc(C2(c3ccccc3)c3ccccc3-c3ccc(C)cc32)cc1.Cc1cccc(C2(c3ccccc3)c3ccccc3-c3ccccc32)c1. The summed E-state index contributed by atoms with van der Waals surface area (Å²) < 4.78 is 0. The summed E-state index contributed by atoms with van der Waals surface area (Å²) in [7, 11) is 0. The minimum Gasteiger partial charge on any atom is -0.0622 e. The second kappa shape index (κ2) is 27.9. The summed E-state index contributed by atoms with van der Waals surface area (Å²) in [5.74, 6) is 0. The van der Waals surface area contributed by atoms with Crippen molar-refractivity contribution in [3.63, 3.8) is 0 Å². The molecule has 0 aliphatic heterocycles. The van der Waals surface area contributed by atoms with Gasteiger partial charge >= 0.3 is 0 Å². The lowest BCUT2D eigenvalue weighted by Crippen LogP contribution is -2.28. The lowest BCUT2D eigenvalue weighted by atomic mass is 9.67. The van der Waals surface area contributed by atoms with Crippen LogP contribution in [0.15, 0.2) is 394 Å². The van der Waals surface area contributed by atoms with E-state index in [4.69, 9.17) is 0 Å². The van der Waals surface area contributed by atoms with E-state index in [2.05, 4.69) is 443 Å². The van der Waals surface area contributed by atoms with Gasteiger partial charge < -0.3 is 0 Å². The molecule has 514 valence electrons. The van der Waals surface area contributed by atoms with Gasteiger partial charge in [0.1, 0.15) is 0 Å². The molecular formula is C107H86. The van der Waals surface area contributed by atoms with Crippen LogP contribution in [0, 0.1) is 48.5 Å². The zero-order chi connectivity index (χ0) is 72.9. The van der Waals surface area contributed by atoms with Gasteiger partial charge in [0.25, 0.3) is 0 Å². The fourth-order valence-electron chi connectivity index (χ4n) is 18.6. The molecule has 0 amide bonds. The highest BCUT2D eigenvalue weighted by Crippen LogP contribution is 2.61. The van der Waals surface area contributed by atoms with Crippen LogP contribution in [0.5, 0.6) is 0 Å². The van der Waals surface area contributed by atoms with E-state index in [0.29, 0.717) is 0 Å². The van der Waals surface area contributed by atoms with E-state index in [1.54, 1.807) is 0 Å². The van der Waals surface area contributed by atoms with Crippen molar-refractivity contribution in [1.29, 1.82) is 0 Å². The van der Waals surface area contributed by atoms with Crippen LogP contribution in [-0.2, 0) is 21.7 Å². The van der Waals surface area contributed by atoms with Gasteiger partial charge in [-0.05, 0) is 182 Å². The predicted molar refractivity (Wildman–Crippen MR) is 448 cm³/mol. The summed E-state index contributed by atoms with van der Waals surface area (Å²) in [5, 5.41) is 0. The van der Waals surface area contributed by atoms with Crippen molar-refractivity contribution in [1.82, 2.24) is 0 Å². The first-order chi connectivity index (χ1) is 52.4. The number of fused-ring (bicyclic) bond motifs is 12. The molecule has 4 aliphatic rings. The maximum Gasteiger partial charge on any atom is 0.0713 e. The largest absolute Gasteiger partial charge is 0.0713 e. The number of aryl methyl sites for hydroxylation is 7. The lowest BCUT2D eigenvalue weighted by Gasteiger charge is -2.34. The van der Waals surface area contributed by atoms with Crippen LogP contribution in [0.3, 0.4) is 0 Å². The normalized spacial score (nSPS) is 14.8. The molecule has 20 rings (SSSR count). The van der Waals surface area contributed by atoms with Crippen LogP contribution in [0.4, 0.5) is 0 Å². The Morgan fingerprint density at radius 1 is 0.121 bits per heavy atom. The molecule has 4 aliphatic carbocycles. The average molecular weight is 1370 g/mol. The Bertz CT molecular complexity index is 5690. The van der Waals surface area contributed by atoms with E-state index in [-0.39, 0.29) is 21.7 Å². The molecule has 16 aromatic rings. The Labute approximate surface area is 632 Å². The molecule has 0 spiro atoms. The van der Waals surface area contributed by atoms with Crippen molar-refractivity contribution in [3.8, 4) is 44.5 Å². The smallest absolute Gasteiger partial charge is 0.0622 e. The minimum atomic E-state index is -0.271. The van der Waals surface area contributed by atoms with Gasteiger partial charge in [-0.2, -0.15) is 0 Å². The van der Waals surface area contributed by atoms with E-state index in [1.165, 1.54) is 172 Å². The summed E-state index contributed by atoms with van der Waals surface area (Å²) in [6, 6.07) is 145. The second-order valence-electron chi connectivity index (χ2n) is 29.8. The molecule has 0 bridgehead atoms. The van der Waals surface area contributed by atoms with Gasteiger partial charge in [-0.3, -0.25) is 0 Å². The van der Waals surface area contributed by atoms with Crippen molar-refractivity contribution < 1.29 is 0 Å². The summed E-state index contributed by atoms with van der Waals surface area (Å²) in [6.45, 7) is 15.2. The van der Waals surface area contributed by atoms with Crippen molar-refractivity contribution in [2.75, 3.05) is 0 Å². The minimum absolute atomic E-state index is 0.263. The highest BCUT2D eigenvalue weighted by Gasteiger charge is 2.50. The fraction of sp³-hybridized carbons (Fsp3) is 0.103. The van der Waals surface area contributed by atoms with Gasteiger partial charge in [-0.15, -0.1) is 0 Å². The standard InChI is InChI=1S/3C27H22.C26H20/c1-19-14-16-21(17-15-19)27(22-9-7-8-20(2)18-22)25-12-5-3-10-23(25)24-11-4-6-13-26(24)27;1-19-11-15-21(16-12-19)27(22-17-13-20(2)14-18-22)25-9-5-3-7-23(25)24-8-4-6-10-26(24)27;1-19-12-15-22(16-13-19)27(21-8-4-3-5-9-21)25-11-7-6-10-23(25)24-17-14-20(2)18-26(24)27;1-19-10-9-13-21(18-19)26(20-11-3-2-4-12-20)24-16-7-5-14-22(24)23-15-6-8-17-25(23)26/h3*3-18H,1-2H3;2-18H,1H3. The maximum absolute atomic E-state index is 2.38. The molecule has 0 heterocycles. The molecule has 0 aromatic heterocycles. The Hall–Kier alpha value is -12.5.